The number of nitrogens with zero attached hydrogens (tertiary/aromatic N) is 1. The van der Waals surface area contributed by atoms with Gasteiger partial charge in [-0.05, 0) is 36.8 Å². The maximum atomic E-state index is 12.2. The van der Waals surface area contributed by atoms with Crippen molar-refractivity contribution in [2.24, 2.45) is 0 Å². The van der Waals surface area contributed by atoms with Crippen LogP contribution < -0.4 is 15.5 Å². The third-order valence-electron chi connectivity index (χ3n) is 3.77. The van der Waals surface area contributed by atoms with E-state index < -0.39 is 0 Å². The molecule has 0 fully saturated rings. The molecular weight excluding hydrogens is 302 g/mol. The standard InChI is InChI=1S/C19H23N3O2/c1-3-22(17-7-5-4-6-8-17)14-18(23)21-13-15-9-11-16(12-10-15)19(24)20-2/h4-12H,3,13-14H2,1-2H3,(H,20,24)(H,21,23). The molecule has 2 amide bonds. The first-order valence-corrected chi connectivity index (χ1v) is 8.01. The Morgan fingerprint density at radius 1 is 1.00 bits per heavy atom. The van der Waals surface area contributed by atoms with Crippen LogP contribution in [-0.2, 0) is 11.3 Å². The zero-order valence-electron chi connectivity index (χ0n) is 14.1. The van der Waals surface area contributed by atoms with Crippen LogP contribution in [0.15, 0.2) is 54.6 Å². The number of anilines is 1. The van der Waals surface area contributed by atoms with Gasteiger partial charge in [0.25, 0.3) is 5.91 Å². The molecule has 0 aliphatic heterocycles. The Balaban J connectivity index is 1.87. The van der Waals surface area contributed by atoms with Gasteiger partial charge in [0.1, 0.15) is 0 Å². The molecule has 0 aromatic heterocycles. The fraction of sp³-hybridized carbons (Fsp3) is 0.263. The third kappa shape index (κ3) is 4.84. The van der Waals surface area contributed by atoms with Crippen molar-refractivity contribution in [2.75, 3.05) is 25.0 Å². The second-order valence-electron chi connectivity index (χ2n) is 5.40. The fourth-order valence-corrected chi connectivity index (χ4v) is 2.37. The molecular formula is C19H23N3O2. The average Bonchev–Trinajstić information content (AvgIpc) is 2.65. The highest BCUT2D eigenvalue weighted by atomic mass is 16.2. The van der Waals surface area contributed by atoms with E-state index in [1.54, 1.807) is 19.2 Å². The van der Waals surface area contributed by atoms with E-state index in [0.717, 1.165) is 17.8 Å². The molecule has 0 saturated carbocycles. The maximum absolute atomic E-state index is 12.2. The summed E-state index contributed by atoms with van der Waals surface area (Å²) in [7, 11) is 1.60. The summed E-state index contributed by atoms with van der Waals surface area (Å²) in [5, 5.41) is 5.50. The Kier molecular flexibility index (Phi) is 6.37. The zero-order chi connectivity index (χ0) is 17.4. The van der Waals surface area contributed by atoms with E-state index in [0.29, 0.717) is 18.7 Å². The molecule has 0 saturated heterocycles. The van der Waals surface area contributed by atoms with Crippen LogP contribution >= 0.6 is 0 Å². The lowest BCUT2D eigenvalue weighted by atomic mass is 10.1. The van der Waals surface area contributed by atoms with Gasteiger partial charge in [-0.2, -0.15) is 0 Å². The number of rotatable bonds is 7. The lowest BCUT2D eigenvalue weighted by Gasteiger charge is -2.22. The maximum Gasteiger partial charge on any atom is 0.251 e. The highest BCUT2D eigenvalue weighted by Gasteiger charge is 2.09. The van der Waals surface area contributed by atoms with Crippen LogP contribution in [0.25, 0.3) is 0 Å². The lowest BCUT2D eigenvalue weighted by Crippen LogP contribution is -2.36. The van der Waals surface area contributed by atoms with Gasteiger partial charge in [-0.3, -0.25) is 9.59 Å². The summed E-state index contributed by atoms with van der Waals surface area (Å²) >= 11 is 0. The smallest absolute Gasteiger partial charge is 0.251 e. The summed E-state index contributed by atoms with van der Waals surface area (Å²) in [6.07, 6.45) is 0. The number of benzene rings is 2. The molecule has 5 nitrogen and oxygen atoms in total. The van der Waals surface area contributed by atoms with E-state index in [-0.39, 0.29) is 11.8 Å². The van der Waals surface area contributed by atoms with Gasteiger partial charge >= 0.3 is 0 Å². The van der Waals surface area contributed by atoms with E-state index in [2.05, 4.69) is 10.6 Å². The number of amides is 2. The summed E-state index contributed by atoms with van der Waals surface area (Å²) in [5.74, 6) is -0.150. The van der Waals surface area contributed by atoms with Gasteiger partial charge in [0, 0.05) is 31.4 Å². The first kappa shape index (κ1) is 17.5. The van der Waals surface area contributed by atoms with Crippen LogP contribution in [0.2, 0.25) is 0 Å². The van der Waals surface area contributed by atoms with Crippen LogP contribution in [-0.4, -0.2) is 32.0 Å². The topological polar surface area (TPSA) is 61.4 Å². The minimum absolute atomic E-state index is 0.0314. The Morgan fingerprint density at radius 2 is 1.67 bits per heavy atom. The minimum atomic E-state index is -0.118. The molecule has 0 unspecified atom stereocenters. The molecule has 0 radical (unpaired) electrons. The summed E-state index contributed by atoms with van der Waals surface area (Å²) in [6.45, 7) is 3.55. The number of carbonyl (C=O) groups excluding carboxylic acids is 2. The molecule has 0 atom stereocenters. The average molecular weight is 325 g/mol. The molecule has 0 aliphatic rings. The number of likely N-dealkylation sites (N-methyl/N-ethyl adjacent to an activating group) is 1. The second kappa shape index (κ2) is 8.72. The van der Waals surface area contributed by atoms with Crippen LogP contribution in [0, 0.1) is 0 Å². The van der Waals surface area contributed by atoms with E-state index in [1.807, 2.05) is 54.3 Å². The van der Waals surface area contributed by atoms with E-state index >= 15 is 0 Å². The Morgan fingerprint density at radius 3 is 2.25 bits per heavy atom. The molecule has 0 heterocycles. The molecule has 5 heteroatoms. The predicted molar refractivity (Wildman–Crippen MR) is 96.0 cm³/mol. The largest absolute Gasteiger partial charge is 0.363 e. The van der Waals surface area contributed by atoms with Crippen LogP contribution in [0.5, 0.6) is 0 Å². The molecule has 24 heavy (non-hydrogen) atoms. The van der Waals surface area contributed by atoms with Crippen molar-refractivity contribution in [2.45, 2.75) is 13.5 Å². The Bertz CT molecular complexity index is 669. The minimum Gasteiger partial charge on any atom is -0.363 e. The van der Waals surface area contributed by atoms with Crippen LogP contribution in [0.1, 0.15) is 22.8 Å². The van der Waals surface area contributed by atoms with Crippen molar-refractivity contribution in [3.8, 4) is 0 Å². The van der Waals surface area contributed by atoms with Gasteiger partial charge in [-0.15, -0.1) is 0 Å². The van der Waals surface area contributed by atoms with Crippen LogP contribution in [0.4, 0.5) is 5.69 Å². The summed E-state index contributed by atoms with van der Waals surface area (Å²) < 4.78 is 0. The third-order valence-corrected chi connectivity index (χ3v) is 3.77. The van der Waals surface area contributed by atoms with Crippen molar-refractivity contribution in [3.05, 3.63) is 65.7 Å². The molecule has 0 spiro atoms. The number of carbonyl (C=O) groups is 2. The lowest BCUT2D eigenvalue weighted by molar-refractivity contribution is -0.119. The van der Waals surface area contributed by atoms with E-state index in [1.165, 1.54) is 0 Å². The summed E-state index contributed by atoms with van der Waals surface area (Å²) in [5.41, 5.74) is 2.60. The Labute approximate surface area is 142 Å². The first-order valence-electron chi connectivity index (χ1n) is 8.01. The number of hydrogen-bond donors (Lipinski definition) is 2. The van der Waals surface area contributed by atoms with Crippen molar-refractivity contribution >= 4 is 17.5 Å². The normalized spacial score (nSPS) is 10.1. The predicted octanol–water partition coefficient (Wildman–Crippen LogP) is 2.19. The van der Waals surface area contributed by atoms with Crippen molar-refractivity contribution in [1.82, 2.24) is 10.6 Å². The van der Waals surface area contributed by atoms with Gasteiger partial charge in [0.05, 0.1) is 6.54 Å². The fourth-order valence-electron chi connectivity index (χ4n) is 2.37. The van der Waals surface area contributed by atoms with Crippen molar-refractivity contribution in [1.29, 1.82) is 0 Å². The highest BCUT2D eigenvalue weighted by molar-refractivity contribution is 5.93. The van der Waals surface area contributed by atoms with Crippen molar-refractivity contribution in [3.63, 3.8) is 0 Å². The van der Waals surface area contributed by atoms with Gasteiger partial charge in [-0.1, -0.05) is 30.3 Å². The van der Waals surface area contributed by atoms with Gasteiger partial charge in [0.2, 0.25) is 5.91 Å². The summed E-state index contributed by atoms with van der Waals surface area (Å²) in [4.78, 5) is 25.7. The zero-order valence-corrected chi connectivity index (χ0v) is 14.1. The molecule has 126 valence electrons. The van der Waals surface area contributed by atoms with Crippen LogP contribution in [0.3, 0.4) is 0 Å². The number of para-hydroxylation sites is 1. The van der Waals surface area contributed by atoms with Gasteiger partial charge in [-0.25, -0.2) is 0 Å². The molecule has 2 aromatic carbocycles. The number of hydrogen-bond acceptors (Lipinski definition) is 3. The molecule has 2 aromatic rings. The second-order valence-corrected chi connectivity index (χ2v) is 5.40. The van der Waals surface area contributed by atoms with Crippen molar-refractivity contribution < 1.29 is 9.59 Å². The molecule has 0 aliphatic carbocycles. The highest BCUT2D eigenvalue weighted by Crippen LogP contribution is 2.12. The van der Waals surface area contributed by atoms with Gasteiger partial charge < -0.3 is 15.5 Å². The summed E-state index contributed by atoms with van der Waals surface area (Å²) in [6, 6.07) is 17.1. The molecule has 2 N–H and O–H groups in total. The van der Waals surface area contributed by atoms with E-state index in [9.17, 15) is 9.59 Å². The SMILES string of the molecule is CCN(CC(=O)NCc1ccc(C(=O)NC)cc1)c1ccccc1. The number of nitrogens with one attached hydrogen (secondary N) is 2. The molecule has 0 bridgehead atoms. The first-order chi connectivity index (χ1) is 11.6. The molecule has 2 rings (SSSR count). The van der Waals surface area contributed by atoms with Gasteiger partial charge in [0.15, 0.2) is 0 Å². The monoisotopic (exact) mass is 325 g/mol. The van der Waals surface area contributed by atoms with E-state index in [4.69, 9.17) is 0 Å². The quantitative estimate of drug-likeness (QED) is 0.820. The Hall–Kier alpha value is -2.82.